The van der Waals surface area contributed by atoms with Crippen molar-refractivity contribution in [1.29, 1.82) is 0 Å². The second-order valence-corrected chi connectivity index (χ2v) is 5.81. The number of hydrogen-bond acceptors (Lipinski definition) is 3. The quantitative estimate of drug-likeness (QED) is 0.880. The molecule has 1 aromatic carbocycles. The minimum atomic E-state index is -0.761. The van der Waals surface area contributed by atoms with E-state index in [1.54, 1.807) is 7.11 Å². The summed E-state index contributed by atoms with van der Waals surface area (Å²) in [5, 5.41) is 14.4. The van der Waals surface area contributed by atoms with Gasteiger partial charge >= 0.3 is 0 Å². The largest absolute Gasteiger partial charge is 0.496 e. The third-order valence-corrected chi connectivity index (χ3v) is 4.42. The Morgan fingerprint density at radius 2 is 1.84 bits per heavy atom. The fourth-order valence-electron chi connectivity index (χ4n) is 3.16. The first kappa shape index (κ1) is 14.4. The van der Waals surface area contributed by atoms with E-state index in [1.807, 2.05) is 26.8 Å². The van der Waals surface area contributed by atoms with E-state index < -0.39 is 5.60 Å². The van der Waals surface area contributed by atoms with Crippen molar-refractivity contribution in [2.45, 2.75) is 39.2 Å². The average Bonchev–Trinajstić information content (AvgIpc) is 2.41. The predicted octanol–water partition coefficient (Wildman–Crippen LogP) is 2.52. The number of rotatable bonds is 3. The van der Waals surface area contributed by atoms with Crippen molar-refractivity contribution in [3.8, 4) is 5.75 Å². The average molecular weight is 263 g/mol. The molecule has 2 N–H and O–H groups in total. The zero-order valence-electron chi connectivity index (χ0n) is 12.4. The molecular formula is C16H25NO2. The van der Waals surface area contributed by atoms with Crippen LogP contribution >= 0.6 is 0 Å². The highest BCUT2D eigenvalue weighted by molar-refractivity contribution is 5.44. The zero-order chi connectivity index (χ0) is 14.0. The van der Waals surface area contributed by atoms with Crippen LogP contribution in [0.2, 0.25) is 0 Å². The first-order valence-corrected chi connectivity index (χ1v) is 7.05. The van der Waals surface area contributed by atoms with E-state index in [0.29, 0.717) is 5.92 Å². The van der Waals surface area contributed by atoms with Crippen LogP contribution in [-0.4, -0.2) is 25.3 Å². The van der Waals surface area contributed by atoms with Crippen molar-refractivity contribution in [2.75, 3.05) is 20.2 Å². The number of hydrogen-bond donors (Lipinski definition) is 2. The lowest BCUT2D eigenvalue weighted by molar-refractivity contribution is -0.0192. The molecule has 1 unspecified atom stereocenters. The van der Waals surface area contributed by atoms with Gasteiger partial charge in [0.05, 0.1) is 12.7 Å². The summed E-state index contributed by atoms with van der Waals surface area (Å²) in [7, 11) is 1.69. The molecule has 3 nitrogen and oxygen atoms in total. The van der Waals surface area contributed by atoms with Gasteiger partial charge in [-0.1, -0.05) is 0 Å². The van der Waals surface area contributed by atoms with Crippen LogP contribution in [-0.2, 0) is 5.60 Å². The minimum absolute atomic E-state index is 0.320. The predicted molar refractivity (Wildman–Crippen MR) is 77.6 cm³/mol. The molecule has 0 aromatic heterocycles. The van der Waals surface area contributed by atoms with Crippen LogP contribution in [0.15, 0.2) is 12.1 Å². The Hall–Kier alpha value is -1.06. The van der Waals surface area contributed by atoms with Crippen molar-refractivity contribution in [2.24, 2.45) is 5.92 Å². The van der Waals surface area contributed by atoms with Gasteiger partial charge in [0, 0.05) is 0 Å². The molecule has 0 amide bonds. The van der Waals surface area contributed by atoms with E-state index >= 15 is 0 Å². The van der Waals surface area contributed by atoms with Crippen molar-refractivity contribution < 1.29 is 9.84 Å². The molecule has 1 heterocycles. The first-order chi connectivity index (χ1) is 8.96. The van der Waals surface area contributed by atoms with Crippen LogP contribution < -0.4 is 10.1 Å². The van der Waals surface area contributed by atoms with E-state index in [9.17, 15) is 5.11 Å². The fraction of sp³-hybridized carbons (Fsp3) is 0.625. The van der Waals surface area contributed by atoms with Gasteiger partial charge in [0.15, 0.2) is 0 Å². The highest BCUT2D eigenvalue weighted by Gasteiger charge is 2.35. The Morgan fingerprint density at radius 3 is 2.42 bits per heavy atom. The van der Waals surface area contributed by atoms with Crippen LogP contribution in [0.1, 0.15) is 36.5 Å². The number of aliphatic hydroxyl groups is 1. The fourth-order valence-corrected chi connectivity index (χ4v) is 3.16. The monoisotopic (exact) mass is 263 g/mol. The summed E-state index contributed by atoms with van der Waals surface area (Å²) >= 11 is 0. The molecule has 0 aliphatic carbocycles. The highest BCUT2D eigenvalue weighted by atomic mass is 16.5. The number of methoxy groups -OCH3 is 1. The maximum Gasteiger partial charge on any atom is 0.122 e. The summed E-state index contributed by atoms with van der Waals surface area (Å²) < 4.78 is 5.35. The van der Waals surface area contributed by atoms with Crippen LogP contribution in [0.4, 0.5) is 0 Å². The smallest absolute Gasteiger partial charge is 0.122 e. The van der Waals surface area contributed by atoms with E-state index in [2.05, 4.69) is 11.4 Å². The standard InChI is InChI=1S/C16H25NO2/c1-11-10-15(19-4)12(2)9-14(11)16(3,18)13-5-7-17-8-6-13/h9-10,13,17-18H,5-8H2,1-4H3. The van der Waals surface area contributed by atoms with Crippen LogP contribution in [0, 0.1) is 19.8 Å². The van der Waals surface area contributed by atoms with Gasteiger partial charge in [-0.3, -0.25) is 0 Å². The Balaban J connectivity index is 2.36. The number of piperidine rings is 1. The summed E-state index contributed by atoms with van der Waals surface area (Å²) in [6.07, 6.45) is 2.05. The van der Waals surface area contributed by atoms with Gasteiger partial charge in [-0.2, -0.15) is 0 Å². The van der Waals surface area contributed by atoms with Gasteiger partial charge in [0.1, 0.15) is 5.75 Å². The molecule has 106 valence electrons. The highest BCUT2D eigenvalue weighted by Crippen LogP contribution is 2.38. The maximum atomic E-state index is 11.0. The third-order valence-electron chi connectivity index (χ3n) is 4.42. The molecule has 0 radical (unpaired) electrons. The molecular weight excluding hydrogens is 238 g/mol. The molecule has 19 heavy (non-hydrogen) atoms. The SMILES string of the molecule is COc1cc(C)c(C(C)(O)C2CCNCC2)cc1C. The molecule has 1 aliphatic heterocycles. The van der Waals surface area contributed by atoms with Crippen LogP contribution in [0.3, 0.4) is 0 Å². The van der Waals surface area contributed by atoms with E-state index in [4.69, 9.17) is 4.74 Å². The van der Waals surface area contributed by atoms with Gasteiger partial charge in [-0.25, -0.2) is 0 Å². The van der Waals surface area contributed by atoms with E-state index in [1.165, 1.54) is 0 Å². The molecule has 1 fully saturated rings. The molecule has 0 saturated carbocycles. The Bertz CT molecular complexity index is 448. The van der Waals surface area contributed by atoms with Crippen molar-refractivity contribution >= 4 is 0 Å². The Kier molecular flexibility index (Phi) is 4.16. The molecule has 1 aromatic rings. The lowest BCUT2D eigenvalue weighted by atomic mass is 9.76. The zero-order valence-corrected chi connectivity index (χ0v) is 12.4. The lowest BCUT2D eigenvalue weighted by Gasteiger charge is -2.37. The van der Waals surface area contributed by atoms with Gasteiger partial charge in [-0.05, 0) is 81.4 Å². The number of ether oxygens (including phenoxy) is 1. The second-order valence-electron chi connectivity index (χ2n) is 5.81. The molecule has 2 rings (SSSR count). The summed E-state index contributed by atoms with van der Waals surface area (Å²) in [4.78, 5) is 0. The van der Waals surface area contributed by atoms with Crippen LogP contribution in [0.25, 0.3) is 0 Å². The normalized spacial score (nSPS) is 20.1. The van der Waals surface area contributed by atoms with Gasteiger partial charge < -0.3 is 15.2 Å². The van der Waals surface area contributed by atoms with Crippen LogP contribution in [0.5, 0.6) is 5.75 Å². The summed E-state index contributed by atoms with van der Waals surface area (Å²) in [5.41, 5.74) is 2.46. The van der Waals surface area contributed by atoms with E-state index in [0.717, 1.165) is 48.4 Å². The summed E-state index contributed by atoms with van der Waals surface area (Å²) in [6.45, 7) is 8.02. The summed E-state index contributed by atoms with van der Waals surface area (Å²) in [6, 6.07) is 4.11. The Labute approximate surface area is 116 Å². The van der Waals surface area contributed by atoms with Gasteiger partial charge in [0.2, 0.25) is 0 Å². The molecule has 3 heteroatoms. The topological polar surface area (TPSA) is 41.5 Å². The lowest BCUT2D eigenvalue weighted by Crippen LogP contribution is -2.40. The van der Waals surface area contributed by atoms with Crippen molar-refractivity contribution in [3.05, 3.63) is 28.8 Å². The summed E-state index contributed by atoms with van der Waals surface area (Å²) in [5.74, 6) is 1.21. The molecule has 1 saturated heterocycles. The van der Waals surface area contributed by atoms with Crippen molar-refractivity contribution in [1.82, 2.24) is 5.32 Å². The molecule has 0 bridgehead atoms. The Morgan fingerprint density at radius 1 is 1.21 bits per heavy atom. The number of benzene rings is 1. The van der Waals surface area contributed by atoms with Crippen molar-refractivity contribution in [3.63, 3.8) is 0 Å². The number of aryl methyl sites for hydroxylation is 2. The molecule has 1 aliphatic rings. The third kappa shape index (κ3) is 2.77. The minimum Gasteiger partial charge on any atom is -0.496 e. The molecule has 0 spiro atoms. The first-order valence-electron chi connectivity index (χ1n) is 7.05. The van der Waals surface area contributed by atoms with Gasteiger partial charge in [-0.15, -0.1) is 0 Å². The van der Waals surface area contributed by atoms with E-state index in [-0.39, 0.29) is 0 Å². The second kappa shape index (κ2) is 5.51. The number of nitrogens with one attached hydrogen (secondary N) is 1. The maximum absolute atomic E-state index is 11.0. The van der Waals surface area contributed by atoms with Gasteiger partial charge in [0.25, 0.3) is 0 Å². The molecule has 1 atom stereocenters.